The topological polar surface area (TPSA) is 29.5 Å². The summed E-state index contributed by atoms with van der Waals surface area (Å²) in [7, 11) is 0. The molecule has 0 saturated heterocycles. The summed E-state index contributed by atoms with van der Waals surface area (Å²) in [5.74, 6) is 1.09. The van der Waals surface area contributed by atoms with Crippen molar-refractivity contribution >= 4 is 5.78 Å². The molecule has 0 fully saturated rings. The van der Waals surface area contributed by atoms with Crippen molar-refractivity contribution < 1.29 is 9.53 Å². The second-order valence-electron chi connectivity index (χ2n) is 5.73. The highest BCUT2D eigenvalue weighted by molar-refractivity contribution is 5.96. The third-order valence-corrected chi connectivity index (χ3v) is 4.26. The molecule has 0 bridgehead atoms. The molecule has 0 spiro atoms. The summed E-state index contributed by atoms with van der Waals surface area (Å²) in [6, 6.07) is 15.9. The fourth-order valence-corrected chi connectivity index (χ4v) is 2.70. The van der Waals surface area contributed by atoms with E-state index in [2.05, 4.69) is 18.7 Å². The monoisotopic (exact) mass is 325 g/mol. The van der Waals surface area contributed by atoms with E-state index in [1.807, 2.05) is 55.5 Å². The fourth-order valence-electron chi connectivity index (χ4n) is 2.70. The molecule has 128 valence electrons. The second kappa shape index (κ2) is 9.24. The summed E-state index contributed by atoms with van der Waals surface area (Å²) in [6.45, 7) is 9.69. The Bertz CT molecular complexity index is 628. The van der Waals surface area contributed by atoms with E-state index in [4.69, 9.17) is 4.74 Å². The van der Waals surface area contributed by atoms with Crippen LogP contribution in [-0.2, 0) is 0 Å². The highest BCUT2D eigenvalue weighted by Gasteiger charge is 2.08. The zero-order valence-electron chi connectivity index (χ0n) is 14.9. The van der Waals surface area contributed by atoms with E-state index in [0.29, 0.717) is 13.0 Å². The molecule has 0 atom stereocenters. The van der Waals surface area contributed by atoms with Crippen molar-refractivity contribution in [1.82, 2.24) is 4.90 Å². The minimum atomic E-state index is 0.208. The Morgan fingerprint density at radius 1 is 0.875 bits per heavy atom. The number of nitrogens with zero attached hydrogens (tertiary/aromatic N) is 1. The average Bonchev–Trinajstić information content (AvgIpc) is 2.63. The van der Waals surface area contributed by atoms with E-state index in [-0.39, 0.29) is 5.78 Å². The van der Waals surface area contributed by atoms with E-state index in [1.165, 1.54) is 0 Å². The molecule has 0 aliphatic rings. The van der Waals surface area contributed by atoms with Crippen molar-refractivity contribution in [3.63, 3.8) is 0 Å². The summed E-state index contributed by atoms with van der Waals surface area (Å²) in [5.41, 5.74) is 3.02. The van der Waals surface area contributed by atoms with Crippen LogP contribution in [0.4, 0.5) is 0 Å². The summed E-state index contributed by atoms with van der Waals surface area (Å²) in [6.07, 6.45) is 0.573. The lowest BCUT2D eigenvalue weighted by Gasteiger charge is -2.17. The number of ketones is 1. The molecule has 3 nitrogen and oxygen atoms in total. The number of carbonyl (C=O) groups excluding carboxylic acids is 1. The van der Waals surface area contributed by atoms with Gasteiger partial charge in [0.2, 0.25) is 0 Å². The molecule has 0 aliphatic heterocycles. The average molecular weight is 325 g/mol. The van der Waals surface area contributed by atoms with Gasteiger partial charge in [-0.15, -0.1) is 0 Å². The molecule has 0 N–H and O–H groups in total. The molecule has 0 saturated carbocycles. The van der Waals surface area contributed by atoms with E-state index < -0.39 is 0 Å². The molecule has 3 heteroatoms. The Balaban J connectivity index is 2.00. The van der Waals surface area contributed by atoms with Gasteiger partial charge in [-0.2, -0.15) is 0 Å². The number of benzene rings is 2. The first-order chi connectivity index (χ1) is 11.7. The van der Waals surface area contributed by atoms with Crippen LogP contribution in [0.3, 0.4) is 0 Å². The normalized spacial score (nSPS) is 10.8. The molecular formula is C21H27NO2. The SMILES string of the molecule is CCOc1ccc(-c2ccc(C(=O)CCN(CC)CC)cc2)cc1. The first kappa shape index (κ1) is 18.2. The summed E-state index contributed by atoms with van der Waals surface area (Å²) >= 11 is 0. The lowest BCUT2D eigenvalue weighted by Crippen LogP contribution is -2.25. The van der Waals surface area contributed by atoms with Crippen LogP contribution >= 0.6 is 0 Å². The molecule has 0 aliphatic carbocycles. The molecule has 24 heavy (non-hydrogen) atoms. The van der Waals surface area contributed by atoms with E-state index >= 15 is 0 Å². The lowest BCUT2D eigenvalue weighted by molar-refractivity contribution is 0.0966. The Morgan fingerprint density at radius 3 is 1.92 bits per heavy atom. The Hall–Kier alpha value is -2.13. The number of hydrogen-bond donors (Lipinski definition) is 0. The maximum atomic E-state index is 12.3. The highest BCUT2D eigenvalue weighted by atomic mass is 16.5. The first-order valence-corrected chi connectivity index (χ1v) is 8.76. The van der Waals surface area contributed by atoms with Crippen LogP contribution in [0.2, 0.25) is 0 Å². The fraction of sp³-hybridized carbons (Fsp3) is 0.381. The van der Waals surface area contributed by atoms with Gasteiger partial charge in [-0.3, -0.25) is 4.79 Å². The van der Waals surface area contributed by atoms with Gasteiger partial charge in [-0.1, -0.05) is 50.2 Å². The van der Waals surface area contributed by atoms with Crippen molar-refractivity contribution in [2.45, 2.75) is 27.2 Å². The van der Waals surface area contributed by atoms with Gasteiger partial charge in [0.1, 0.15) is 5.75 Å². The number of hydrogen-bond acceptors (Lipinski definition) is 3. The molecule has 0 unspecified atom stereocenters. The highest BCUT2D eigenvalue weighted by Crippen LogP contribution is 2.23. The maximum absolute atomic E-state index is 12.3. The predicted octanol–water partition coefficient (Wildman–Crippen LogP) is 4.67. The van der Waals surface area contributed by atoms with Crippen molar-refractivity contribution in [2.75, 3.05) is 26.2 Å². The Labute approximate surface area is 145 Å². The predicted molar refractivity (Wildman–Crippen MR) is 99.8 cm³/mol. The van der Waals surface area contributed by atoms with Gasteiger partial charge in [-0.05, 0) is 43.3 Å². The molecule has 2 aromatic carbocycles. The van der Waals surface area contributed by atoms with Crippen LogP contribution in [0.25, 0.3) is 11.1 Å². The van der Waals surface area contributed by atoms with Gasteiger partial charge in [-0.25, -0.2) is 0 Å². The van der Waals surface area contributed by atoms with Crippen molar-refractivity contribution in [2.24, 2.45) is 0 Å². The minimum absolute atomic E-state index is 0.208. The van der Waals surface area contributed by atoms with Gasteiger partial charge in [0.05, 0.1) is 6.61 Å². The van der Waals surface area contributed by atoms with Crippen LogP contribution in [-0.4, -0.2) is 36.9 Å². The standard InChI is InChI=1S/C21H27NO2/c1-4-22(5-2)16-15-21(23)19-9-7-17(8-10-19)18-11-13-20(14-12-18)24-6-3/h7-14H,4-6,15-16H2,1-3H3. The molecule has 0 radical (unpaired) electrons. The Morgan fingerprint density at radius 2 is 1.42 bits per heavy atom. The number of ether oxygens (including phenoxy) is 1. The quantitative estimate of drug-likeness (QED) is 0.628. The molecule has 2 aromatic rings. The van der Waals surface area contributed by atoms with Crippen molar-refractivity contribution in [1.29, 1.82) is 0 Å². The van der Waals surface area contributed by atoms with Crippen molar-refractivity contribution in [3.8, 4) is 16.9 Å². The smallest absolute Gasteiger partial charge is 0.164 e. The van der Waals surface area contributed by atoms with E-state index in [9.17, 15) is 4.79 Å². The minimum Gasteiger partial charge on any atom is -0.494 e. The van der Waals surface area contributed by atoms with Gasteiger partial charge in [0.15, 0.2) is 5.78 Å². The number of carbonyl (C=O) groups is 1. The van der Waals surface area contributed by atoms with E-state index in [1.54, 1.807) is 0 Å². The van der Waals surface area contributed by atoms with Crippen LogP contribution in [0, 0.1) is 0 Å². The zero-order valence-corrected chi connectivity index (χ0v) is 14.9. The molecule has 0 amide bonds. The molecule has 2 rings (SSSR count). The summed E-state index contributed by atoms with van der Waals surface area (Å²) in [5, 5.41) is 0. The van der Waals surface area contributed by atoms with Gasteiger partial charge in [0.25, 0.3) is 0 Å². The maximum Gasteiger partial charge on any atom is 0.164 e. The first-order valence-electron chi connectivity index (χ1n) is 8.76. The van der Waals surface area contributed by atoms with Crippen LogP contribution in [0.15, 0.2) is 48.5 Å². The number of rotatable bonds is 9. The summed E-state index contributed by atoms with van der Waals surface area (Å²) < 4.78 is 5.46. The molecule has 0 aromatic heterocycles. The van der Waals surface area contributed by atoms with Gasteiger partial charge < -0.3 is 9.64 Å². The number of Topliss-reactive ketones (excluding diaryl/α,β-unsaturated/α-hetero) is 1. The van der Waals surface area contributed by atoms with Gasteiger partial charge >= 0.3 is 0 Å². The third-order valence-electron chi connectivity index (χ3n) is 4.26. The van der Waals surface area contributed by atoms with E-state index in [0.717, 1.165) is 42.1 Å². The molecule has 0 heterocycles. The molecular weight excluding hydrogens is 298 g/mol. The van der Waals surface area contributed by atoms with Crippen LogP contribution < -0.4 is 4.74 Å². The second-order valence-corrected chi connectivity index (χ2v) is 5.73. The van der Waals surface area contributed by atoms with Gasteiger partial charge in [0, 0.05) is 18.5 Å². The van der Waals surface area contributed by atoms with Crippen LogP contribution in [0.5, 0.6) is 5.75 Å². The van der Waals surface area contributed by atoms with Crippen molar-refractivity contribution in [3.05, 3.63) is 54.1 Å². The lowest BCUT2D eigenvalue weighted by atomic mass is 10.0. The third kappa shape index (κ3) is 4.93. The summed E-state index contributed by atoms with van der Waals surface area (Å²) in [4.78, 5) is 14.6. The largest absolute Gasteiger partial charge is 0.494 e. The zero-order chi connectivity index (χ0) is 17.4. The Kier molecular flexibility index (Phi) is 7.01. The van der Waals surface area contributed by atoms with Crippen LogP contribution in [0.1, 0.15) is 37.6 Å².